The molecule has 0 spiro atoms. The molecule has 0 aliphatic heterocycles. The summed E-state index contributed by atoms with van der Waals surface area (Å²) in [6.45, 7) is 5.00. The van der Waals surface area contributed by atoms with Crippen LogP contribution in [0.3, 0.4) is 0 Å². The van der Waals surface area contributed by atoms with Crippen LogP contribution in [0.1, 0.15) is 71.6 Å². The lowest BCUT2D eigenvalue weighted by molar-refractivity contribution is -0.143. The predicted octanol–water partition coefficient (Wildman–Crippen LogP) is 4.81. The lowest BCUT2D eigenvalue weighted by Crippen LogP contribution is -2.06. The normalized spacial score (nSPS) is 10.6. The molecular weight excluding hydrogens is 244 g/mol. The Bertz CT molecular complexity index is 183. The second-order valence-electron chi connectivity index (χ2n) is 4.64. The fraction of sp³-hybridized carbons (Fsp3) is 0.933. The van der Waals surface area contributed by atoms with Crippen LogP contribution in [0.4, 0.5) is 0 Å². The molecule has 0 bridgehead atoms. The summed E-state index contributed by atoms with van der Waals surface area (Å²) in [5, 5.41) is 0. The molecule has 0 aliphatic rings. The standard InChI is InChI=1S/C15H30O2S/c1-3-5-6-7-8-9-10-13-17-15(16)12-11-14-18-4-2/h3-14H2,1-2H3. The first kappa shape index (κ1) is 17.8. The van der Waals surface area contributed by atoms with Crippen molar-refractivity contribution in [3.63, 3.8) is 0 Å². The van der Waals surface area contributed by atoms with E-state index in [-0.39, 0.29) is 5.97 Å². The number of hydrogen-bond donors (Lipinski definition) is 0. The quantitative estimate of drug-likeness (QED) is 0.356. The van der Waals surface area contributed by atoms with Gasteiger partial charge in [-0.15, -0.1) is 0 Å². The number of ether oxygens (including phenoxy) is 1. The largest absolute Gasteiger partial charge is 0.466 e. The van der Waals surface area contributed by atoms with Crippen LogP contribution in [-0.2, 0) is 9.53 Å². The molecule has 0 N–H and O–H groups in total. The van der Waals surface area contributed by atoms with Crippen molar-refractivity contribution in [1.29, 1.82) is 0 Å². The van der Waals surface area contributed by atoms with Crippen molar-refractivity contribution in [1.82, 2.24) is 0 Å². The zero-order valence-corrected chi connectivity index (χ0v) is 13.0. The highest BCUT2D eigenvalue weighted by molar-refractivity contribution is 7.99. The minimum Gasteiger partial charge on any atom is -0.466 e. The number of thioether (sulfide) groups is 1. The van der Waals surface area contributed by atoms with Crippen molar-refractivity contribution in [3.8, 4) is 0 Å². The van der Waals surface area contributed by atoms with E-state index in [4.69, 9.17) is 4.74 Å². The topological polar surface area (TPSA) is 26.3 Å². The summed E-state index contributed by atoms with van der Waals surface area (Å²) in [6.07, 6.45) is 10.4. The SMILES string of the molecule is CCCCCCCCCOC(=O)CCCSCC. The predicted molar refractivity (Wildman–Crippen MR) is 81.2 cm³/mol. The first-order valence-corrected chi connectivity index (χ1v) is 8.70. The Morgan fingerprint density at radius 2 is 1.61 bits per heavy atom. The van der Waals surface area contributed by atoms with Crippen molar-refractivity contribution >= 4 is 17.7 Å². The van der Waals surface area contributed by atoms with Crippen LogP contribution in [0.2, 0.25) is 0 Å². The smallest absolute Gasteiger partial charge is 0.305 e. The Kier molecular flexibility index (Phi) is 14.7. The molecule has 0 radical (unpaired) electrons. The molecular formula is C15H30O2S. The second kappa shape index (κ2) is 14.9. The van der Waals surface area contributed by atoms with Gasteiger partial charge in [0, 0.05) is 6.42 Å². The molecule has 0 unspecified atom stereocenters. The number of carbonyl (C=O) groups excluding carboxylic acids is 1. The van der Waals surface area contributed by atoms with Crippen LogP contribution in [0.5, 0.6) is 0 Å². The Morgan fingerprint density at radius 3 is 2.28 bits per heavy atom. The number of carbonyl (C=O) groups is 1. The van der Waals surface area contributed by atoms with E-state index in [9.17, 15) is 4.79 Å². The average Bonchev–Trinajstić information content (AvgIpc) is 2.38. The maximum Gasteiger partial charge on any atom is 0.305 e. The summed E-state index contributed by atoms with van der Waals surface area (Å²) < 4.78 is 5.20. The Hall–Kier alpha value is -0.180. The van der Waals surface area contributed by atoms with Crippen molar-refractivity contribution < 1.29 is 9.53 Å². The third-order valence-electron chi connectivity index (χ3n) is 2.88. The zero-order chi connectivity index (χ0) is 13.5. The zero-order valence-electron chi connectivity index (χ0n) is 12.2. The van der Waals surface area contributed by atoms with Gasteiger partial charge in [0.15, 0.2) is 0 Å². The fourth-order valence-corrected chi connectivity index (χ4v) is 2.42. The Labute approximate surface area is 117 Å². The molecule has 0 aliphatic carbocycles. The van der Waals surface area contributed by atoms with Gasteiger partial charge in [-0.2, -0.15) is 11.8 Å². The van der Waals surface area contributed by atoms with Crippen LogP contribution in [0.15, 0.2) is 0 Å². The van der Waals surface area contributed by atoms with Gasteiger partial charge in [0.25, 0.3) is 0 Å². The summed E-state index contributed by atoms with van der Waals surface area (Å²) in [4.78, 5) is 11.3. The van der Waals surface area contributed by atoms with Crippen LogP contribution in [0, 0.1) is 0 Å². The minimum absolute atomic E-state index is 0.0160. The molecule has 0 aromatic rings. The molecule has 0 atom stereocenters. The van der Waals surface area contributed by atoms with Crippen LogP contribution in [-0.4, -0.2) is 24.1 Å². The molecule has 0 heterocycles. The number of unbranched alkanes of at least 4 members (excludes halogenated alkanes) is 6. The lowest BCUT2D eigenvalue weighted by atomic mass is 10.1. The van der Waals surface area contributed by atoms with E-state index < -0.39 is 0 Å². The van der Waals surface area contributed by atoms with Gasteiger partial charge < -0.3 is 4.74 Å². The molecule has 0 amide bonds. The van der Waals surface area contributed by atoms with Gasteiger partial charge in [0.05, 0.1) is 6.61 Å². The number of hydrogen-bond acceptors (Lipinski definition) is 3. The first-order chi connectivity index (χ1) is 8.81. The number of rotatable bonds is 13. The summed E-state index contributed by atoms with van der Waals surface area (Å²) in [5.74, 6) is 2.19. The summed E-state index contributed by atoms with van der Waals surface area (Å²) in [5.41, 5.74) is 0. The van der Waals surface area contributed by atoms with Gasteiger partial charge in [-0.3, -0.25) is 4.79 Å². The van der Waals surface area contributed by atoms with Crippen molar-refractivity contribution in [2.75, 3.05) is 18.1 Å². The van der Waals surface area contributed by atoms with E-state index in [1.807, 2.05) is 11.8 Å². The van der Waals surface area contributed by atoms with Gasteiger partial charge >= 0.3 is 5.97 Å². The van der Waals surface area contributed by atoms with Crippen LogP contribution in [0.25, 0.3) is 0 Å². The van der Waals surface area contributed by atoms with E-state index >= 15 is 0 Å². The summed E-state index contributed by atoms with van der Waals surface area (Å²) >= 11 is 1.88. The highest BCUT2D eigenvalue weighted by atomic mass is 32.2. The third-order valence-corrected chi connectivity index (χ3v) is 3.87. The van der Waals surface area contributed by atoms with Crippen LogP contribution >= 0.6 is 11.8 Å². The third kappa shape index (κ3) is 13.9. The molecule has 0 saturated carbocycles. The Morgan fingerprint density at radius 1 is 0.944 bits per heavy atom. The van der Waals surface area contributed by atoms with E-state index in [1.54, 1.807) is 0 Å². The summed E-state index contributed by atoms with van der Waals surface area (Å²) in [6, 6.07) is 0. The molecule has 3 heteroatoms. The molecule has 18 heavy (non-hydrogen) atoms. The molecule has 108 valence electrons. The summed E-state index contributed by atoms with van der Waals surface area (Å²) in [7, 11) is 0. The Balaban J connectivity index is 3.10. The maximum atomic E-state index is 11.3. The average molecular weight is 274 g/mol. The maximum absolute atomic E-state index is 11.3. The monoisotopic (exact) mass is 274 g/mol. The highest BCUT2D eigenvalue weighted by Crippen LogP contribution is 2.08. The van der Waals surface area contributed by atoms with Crippen molar-refractivity contribution in [2.45, 2.75) is 71.6 Å². The molecule has 2 nitrogen and oxygen atoms in total. The van der Waals surface area contributed by atoms with Gasteiger partial charge in [0.1, 0.15) is 0 Å². The number of esters is 1. The van der Waals surface area contributed by atoms with Crippen molar-refractivity contribution in [2.24, 2.45) is 0 Å². The van der Waals surface area contributed by atoms with Gasteiger partial charge in [-0.1, -0.05) is 52.4 Å². The van der Waals surface area contributed by atoms with E-state index in [1.165, 1.54) is 38.5 Å². The molecule has 0 aromatic heterocycles. The van der Waals surface area contributed by atoms with E-state index in [2.05, 4.69) is 13.8 Å². The highest BCUT2D eigenvalue weighted by Gasteiger charge is 2.01. The molecule has 0 saturated heterocycles. The lowest BCUT2D eigenvalue weighted by Gasteiger charge is -2.04. The van der Waals surface area contributed by atoms with E-state index in [0.29, 0.717) is 13.0 Å². The van der Waals surface area contributed by atoms with Crippen LogP contribution < -0.4 is 0 Å². The van der Waals surface area contributed by atoms with E-state index in [0.717, 1.165) is 24.3 Å². The molecule has 0 rings (SSSR count). The van der Waals surface area contributed by atoms with Crippen molar-refractivity contribution in [3.05, 3.63) is 0 Å². The molecule has 0 aromatic carbocycles. The fourth-order valence-electron chi connectivity index (χ4n) is 1.78. The first-order valence-electron chi connectivity index (χ1n) is 7.54. The minimum atomic E-state index is -0.0160. The molecule has 0 fully saturated rings. The second-order valence-corrected chi connectivity index (χ2v) is 6.04. The van der Waals surface area contributed by atoms with Gasteiger partial charge in [-0.05, 0) is 24.3 Å². The van der Waals surface area contributed by atoms with Gasteiger partial charge in [-0.25, -0.2) is 0 Å². The van der Waals surface area contributed by atoms with Gasteiger partial charge in [0.2, 0.25) is 0 Å².